The Bertz CT molecular complexity index is 1260. The SMILES string of the molecule is CCCCc1nc2c(C)c(Cl)cnc2n1Cc1ccc(-c2ccccc2C(=O)OC)cc1. The van der Waals surface area contributed by atoms with Gasteiger partial charge in [-0.3, -0.25) is 0 Å². The molecule has 2 heterocycles. The fourth-order valence-electron chi connectivity index (χ4n) is 3.89. The minimum absolute atomic E-state index is 0.338. The van der Waals surface area contributed by atoms with Crippen LogP contribution in [0.4, 0.5) is 0 Å². The number of hydrogen-bond acceptors (Lipinski definition) is 4. The number of benzene rings is 2. The maximum absolute atomic E-state index is 12.1. The zero-order chi connectivity index (χ0) is 22.7. The lowest BCUT2D eigenvalue weighted by molar-refractivity contribution is 0.0601. The minimum Gasteiger partial charge on any atom is -0.465 e. The van der Waals surface area contributed by atoms with Gasteiger partial charge in [-0.15, -0.1) is 0 Å². The predicted molar refractivity (Wildman–Crippen MR) is 128 cm³/mol. The zero-order valence-corrected chi connectivity index (χ0v) is 19.3. The number of ether oxygens (including phenoxy) is 1. The fourth-order valence-corrected chi connectivity index (χ4v) is 4.02. The summed E-state index contributed by atoms with van der Waals surface area (Å²) in [6.45, 7) is 4.83. The quantitative estimate of drug-likeness (QED) is 0.315. The molecular weight excluding hydrogens is 422 g/mol. The molecule has 32 heavy (non-hydrogen) atoms. The van der Waals surface area contributed by atoms with E-state index in [1.165, 1.54) is 7.11 Å². The van der Waals surface area contributed by atoms with Gasteiger partial charge in [0.1, 0.15) is 11.3 Å². The van der Waals surface area contributed by atoms with Crippen LogP contribution in [0.3, 0.4) is 0 Å². The maximum atomic E-state index is 12.1. The summed E-state index contributed by atoms with van der Waals surface area (Å²) in [5.41, 5.74) is 6.21. The van der Waals surface area contributed by atoms with Crippen LogP contribution in [0.25, 0.3) is 22.3 Å². The molecule has 5 nitrogen and oxygen atoms in total. The third-order valence-electron chi connectivity index (χ3n) is 5.73. The molecule has 2 aromatic heterocycles. The molecule has 0 radical (unpaired) electrons. The van der Waals surface area contributed by atoms with Crippen LogP contribution in [0.2, 0.25) is 5.02 Å². The summed E-state index contributed by atoms with van der Waals surface area (Å²) in [4.78, 5) is 21.6. The average Bonchev–Trinajstić information content (AvgIpc) is 3.17. The number of halogens is 1. The second-order valence-electron chi connectivity index (χ2n) is 7.86. The first kappa shape index (κ1) is 22.0. The van der Waals surface area contributed by atoms with E-state index in [9.17, 15) is 4.79 Å². The molecule has 0 fully saturated rings. The van der Waals surface area contributed by atoms with E-state index in [0.717, 1.165) is 58.5 Å². The first-order chi connectivity index (χ1) is 15.5. The highest BCUT2D eigenvalue weighted by molar-refractivity contribution is 6.31. The second-order valence-corrected chi connectivity index (χ2v) is 8.26. The molecule has 0 spiro atoms. The molecule has 0 aliphatic heterocycles. The van der Waals surface area contributed by atoms with Crippen LogP contribution >= 0.6 is 11.6 Å². The Hall–Kier alpha value is -3.18. The number of methoxy groups -OCH3 is 1. The molecule has 0 aliphatic carbocycles. The number of nitrogens with zero attached hydrogens (tertiary/aromatic N) is 3. The fraction of sp³-hybridized carbons (Fsp3) is 0.269. The molecule has 2 aromatic carbocycles. The number of rotatable bonds is 7. The Morgan fingerprint density at radius 1 is 1.12 bits per heavy atom. The monoisotopic (exact) mass is 447 g/mol. The van der Waals surface area contributed by atoms with Gasteiger partial charge in [0.25, 0.3) is 0 Å². The van der Waals surface area contributed by atoms with Gasteiger partial charge in [0.2, 0.25) is 0 Å². The summed E-state index contributed by atoms with van der Waals surface area (Å²) in [5.74, 6) is 0.690. The van der Waals surface area contributed by atoms with Crippen LogP contribution in [-0.2, 0) is 17.7 Å². The summed E-state index contributed by atoms with van der Waals surface area (Å²) in [5, 5.41) is 0.637. The third kappa shape index (κ3) is 4.26. The molecule has 4 rings (SSSR count). The number of carbonyl (C=O) groups is 1. The molecule has 0 N–H and O–H groups in total. The van der Waals surface area contributed by atoms with E-state index in [1.807, 2.05) is 37.3 Å². The van der Waals surface area contributed by atoms with E-state index in [2.05, 4.69) is 28.6 Å². The van der Waals surface area contributed by atoms with Crippen LogP contribution in [0.15, 0.2) is 54.7 Å². The lowest BCUT2D eigenvalue weighted by Gasteiger charge is -2.11. The zero-order valence-electron chi connectivity index (χ0n) is 18.6. The van der Waals surface area contributed by atoms with Gasteiger partial charge in [-0.2, -0.15) is 0 Å². The van der Waals surface area contributed by atoms with Gasteiger partial charge >= 0.3 is 5.97 Å². The summed E-state index contributed by atoms with van der Waals surface area (Å²) in [6, 6.07) is 15.7. The van der Waals surface area contributed by atoms with E-state index >= 15 is 0 Å². The molecule has 0 amide bonds. The van der Waals surface area contributed by atoms with Crippen molar-refractivity contribution < 1.29 is 9.53 Å². The molecular formula is C26H26ClN3O2. The summed E-state index contributed by atoms with van der Waals surface area (Å²) in [7, 11) is 1.40. The largest absolute Gasteiger partial charge is 0.465 e. The topological polar surface area (TPSA) is 57.0 Å². The van der Waals surface area contributed by atoms with Crippen LogP contribution in [0, 0.1) is 6.92 Å². The van der Waals surface area contributed by atoms with Crippen molar-refractivity contribution in [3.05, 3.63) is 82.3 Å². The normalized spacial score (nSPS) is 11.1. The predicted octanol–water partition coefficient (Wildman–Crippen LogP) is 6.24. The van der Waals surface area contributed by atoms with Crippen LogP contribution in [0.5, 0.6) is 0 Å². The lowest BCUT2D eigenvalue weighted by atomic mass is 9.98. The number of carbonyl (C=O) groups excluding carboxylic acids is 1. The molecule has 0 aliphatic rings. The van der Waals surface area contributed by atoms with Crippen molar-refractivity contribution in [1.29, 1.82) is 0 Å². The highest BCUT2D eigenvalue weighted by atomic mass is 35.5. The van der Waals surface area contributed by atoms with Crippen molar-refractivity contribution in [1.82, 2.24) is 14.5 Å². The molecule has 0 unspecified atom stereocenters. The van der Waals surface area contributed by atoms with E-state index in [-0.39, 0.29) is 5.97 Å². The number of imidazole rings is 1. The van der Waals surface area contributed by atoms with E-state index in [4.69, 9.17) is 21.3 Å². The Morgan fingerprint density at radius 3 is 2.59 bits per heavy atom. The van der Waals surface area contributed by atoms with Crippen molar-refractivity contribution >= 4 is 28.7 Å². The highest BCUT2D eigenvalue weighted by Gasteiger charge is 2.16. The van der Waals surface area contributed by atoms with Crippen molar-refractivity contribution in [3.63, 3.8) is 0 Å². The molecule has 0 saturated carbocycles. The van der Waals surface area contributed by atoms with Gasteiger partial charge in [0.15, 0.2) is 5.65 Å². The van der Waals surface area contributed by atoms with Gasteiger partial charge in [0, 0.05) is 12.6 Å². The van der Waals surface area contributed by atoms with Gasteiger partial charge in [-0.1, -0.05) is 67.4 Å². The van der Waals surface area contributed by atoms with Crippen molar-refractivity contribution in [2.24, 2.45) is 0 Å². The van der Waals surface area contributed by atoms with Crippen molar-refractivity contribution in [2.45, 2.75) is 39.7 Å². The van der Waals surface area contributed by atoms with Crippen molar-refractivity contribution in [2.75, 3.05) is 7.11 Å². The highest BCUT2D eigenvalue weighted by Crippen LogP contribution is 2.27. The van der Waals surface area contributed by atoms with Gasteiger partial charge < -0.3 is 9.30 Å². The molecule has 4 aromatic rings. The first-order valence-corrected chi connectivity index (χ1v) is 11.2. The number of aryl methyl sites for hydroxylation is 2. The Balaban J connectivity index is 1.69. The van der Waals surface area contributed by atoms with E-state index < -0.39 is 0 Å². The molecule has 164 valence electrons. The van der Waals surface area contributed by atoms with Crippen LogP contribution in [-0.4, -0.2) is 27.6 Å². The molecule has 0 bridgehead atoms. The number of aromatic nitrogens is 3. The molecule has 0 atom stereocenters. The Morgan fingerprint density at radius 2 is 1.88 bits per heavy atom. The minimum atomic E-state index is -0.338. The Labute approximate surface area is 193 Å². The number of unbranched alkanes of at least 4 members (excludes halogenated alkanes) is 1. The number of esters is 1. The summed E-state index contributed by atoms with van der Waals surface area (Å²) >= 11 is 6.29. The van der Waals surface area contributed by atoms with Gasteiger partial charge in [-0.25, -0.2) is 14.8 Å². The lowest BCUT2D eigenvalue weighted by Crippen LogP contribution is -2.06. The summed E-state index contributed by atoms with van der Waals surface area (Å²) in [6.07, 6.45) is 4.77. The number of fused-ring (bicyclic) bond motifs is 1. The van der Waals surface area contributed by atoms with Gasteiger partial charge in [0.05, 0.1) is 24.2 Å². The van der Waals surface area contributed by atoms with Gasteiger partial charge in [-0.05, 0) is 41.7 Å². The van der Waals surface area contributed by atoms with E-state index in [1.54, 1.807) is 12.3 Å². The van der Waals surface area contributed by atoms with Crippen LogP contribution in [0.1, 0.15) is 47.1 Å². The Kier molecular flexibility index (Phi) is 6.56. The van der Waals surface area contributed by atoms with Crippen LogP contribution < -0.4 is 0 Å². The second kappa shape index (κ2) is 9.53. The number of hydrogen-bond donors (Lipinski definition) is 0. The molecule has 0 saturated heterocycles. The van der Waals surface area contributed by atoms with E-state index in [0.29, 0.717) is 17.1 Å². The first-order valence-electron chi connectivity index (χ1n) is 10.8. The molecule has 6 heteroatoms. The number of pyridine rings is 1. The standard InChI is InChI=1S/C26H26ClN3O2/c1-4-5-10-23-29-24-17(2)22(27)15-28-25(24)30(23)16-18-11-13-19(14-12-18)20-8-6-7-9-21(20)26(31)32-3/h6-9,11-15H,4-5,10,16H2,1-3H3. The average molecular weight is 448 g/mol. The van der Waals surface area contributed by atoms with Crippen molar-refractivity contribution in [3.8, 4) is 11.1 Å². The summed E-state index contributed by atoms with van der Waals surface area (Å²) < 4.78 is 7.12. The maximum Gasteiger partial charge on any atom is 0.338 e. The smallest absolute Gasteiger partial charge is 0.338 e. The third-order valence-corrected chi connectivity index (χ3v) is 6.11.